The molecule has 2 heterocycles. The third-order valence-corrected chi connectivity index (χ3v) is 4.97. The van der Waals surface area contributed by atoms with Crippen LogP contribution in [0.1, 0.15) is 18.7 Å². The molecule has 2 rings (SSSR count). The average Bonchev–Trinajstić information content (AvgIpc) is 3.07. The Kier molecular flexibility index (Phi) is 5.38. The van der Waals surface area contributed by atoms with Crippen LogP contribution in [0, 0.1) is 0 Å². The fraction of sp³-hybridized carbons (Fsp3) is 0.533. The molecule has 0 aromatic carbocycles. The van der Waals surface area contributed by atoms with Gasteiger partial charge in [-0.25, -0.2) is 0 Å². The number of rotatable bonds is 3. The van der Waals surface area contributed by atoms with Gasteiger partial charge in [0.2, 0.25) is 5.91 Å². The molecule has 0 aliphatic carbocycles. The number of carbonyl (C=O) groups excluding carboxylic acids is 3. The molecular weight excluding hydrogens is 318 g/mol. The van der Waals surface area contributed by atoms with Crippen LogP contribution in [0.15, 0.2) is 17.5 Å². The van der Waals surface area contributed by atoms with Gasteiger partial charge in [0.05, 0.1) is 6.54 Å². The number of aliphatic hydroxyl groups is 1. The molecule has 7 nitrogen and oxygen atoms in total. The van der Waals surface area contributed by atoms with Gasteiger partial charge in [-0.1, -0.05) is 6.07 Å². The third kappa shape index (κ3) is 4.29. The van der Waals surface area contributed by atoms with E-state index in [1.165, 1.54) is 23.2 Å². The van der Waals surface area contributed by atoms with Crippen molar-refractivity contribution in [2.75, 3.05) is 32.7 Å². The predicted molar refractivity (Wildman–Crippen MR) is 85.7 cm³/mol. The Bertz CT molecular complexity index is 578. The monoisotopic (exact) mass is 339 g/mol. The first-order chi connectivity index (χ1) is 10.8. The van der Waals surface area contributed by atoms with Crippen molar-refractivity contribution in [3.63, 3.8) is 0 Å². The molecule has 1 aliphatic rings. The number of amides is 3. The van der Waals surface area contributed by atoms with E-state index in [-0.39, 0.29) is 12.5 Å². The summed E-state index contributed by atoms with van der Waals surface area (Å²) >= 11 is 1.39. The summed E-state index contributed by atoms with van der Waals surface area (Å²) in [4.78, 5) is 39.1. The number of carbonyl (C=O) groups is 3. The number of piperazine rings is 1. The highest BCUT2D eigenvalue weighted by Crippen LogP contribution is 2.24. The standard InChI is InChI=1S/C15H21N3O4S/c1-11(19)17-5-7-18(8-6-17)14(21)13(20)16-10-15(2,22)12-4-3-9-23-12/h3-4,9,22H,5-8,10H2,1-2H3,(H,16,20)/t15-/m0/s1. The van der Waals surface area contributed by atoms with Gasteiger partial charge in [0.25, 0.3) is 0 Å². The molecule has 0 saturated carbocycles. The number of hydrogen-bond donors (Lipinski definition) is 2. The Labute approximate surface area is 138 Å². The summed E-state index contributed by atoms with van der Waals surface area (Å²) in [5, 5.41) is 14.7. The summed E-state index contributed by atoms with van der Waals surface area (Å²) < 4.78 is 0. The van der Waals surface area contributed by atoms with Gasteiger partial charge in [-0.05, 0) is 18.4 Å². The zero-order valence-corrected chi connectivity index (χ0v) is 14.1. The lowest BCUT2D eigenvalue weighted by Gasteiger charge is -2.34. The lowest BCUT2D eigenvalue weighted by Crippen LogP contribution is -2.54. The van der Waals surface area contributed by atoms with Crippen LogP contribution in [0.25, 0.3) is 0 Å². The first-order valence-corrected chi connectivity index (χ1v) is 8.28. The van der Waals surface area contributed by atoms with Gasteiger partial charge in [-0.2, -0.15) is 0 Å². The van der Waals surface area contributed by atoms with Crippen LogP contribution in [-0.4, -0.2) is 65.4 Å². The molecule has 2 N–H and O–H groups in total. The van der Waals surface area contributed by atoms with E-state index < -0.39 is 17.4 Å². The SMILES string of the molecule is CC(=O)N1CCN(C(=O)C(=O)NC[C@](C)(O)c2cccs2)CC1. The van der Waals surface area contributed by atoms with Crippen molar-refractivity contribution in [2.45, 2.75) is 19.4 Å². The molecule has 8 heteroatoms. The van der Waals surface area contributed by atoms with E-state index >= 15 is 0 Å². The molecule has 0 spiro atoms. The maximum Gasteiger partial charge on any atom is 0.312 e. The van der Waals surface area contributed by atoms with Crippen LogP contribution < -0.4 is 5.32 Å². The van der Waals surface area contributed by atoms with Crippen molar-refractivity contribution in [3.8, 4) is 0 Å². The Morgan fingerprint density at radius 3 is 2.39 bits per heavy atom. The summed E-state index contributed by atoms with van der Waals surface area (Å²) in [6.45, 7) is 4.58. The lowest BCUT2D eigenvalue weighted by atomic mass is 10.1. The van der Waals surface area contributed by atoms with Crippen molar-refractivity contribution >= 4 is 29.1 Å². The number of thiophene rings is 1. The van der Waals surface area contributed by atoms with Crippen molar-refractivity contribution in [2.24, 2.45) is 0 Å². The normalized spacial score (nSPS) is 17.5. The van der Waals surface area contributed by atoms with E-state index in [4.69, 9.17) is 0 Å². The Balaban J connectivity index is 1.84. The molecule has 1 atom stereocenters. The zero-order chi connectivity index (χ0) is 17.0. The number of hydrogen-bond acceptors (Lipinski definition) is 5. The molecule has 1 aromatic heterocycles. The summed E-state index contributed by atoms with van der Waals surface area (Å²) in [7, 11) is 0. The molecule has 0 radical (unpaired) electrons. The molecule has 1 aliphatic heterocycles. The van der Waals surface area contributed by atoms with Gasteiger partial charge >= 0.3 is 11.8 Å². The van der Waals surface area contributed by atoms with Gasteiger partial charge in [-0.3, -0.25) is 14.4 Å². The van der Waals surface area contributed by atoms with E-state index in [1.54, 1.807) is 17.9 Å². The van der Waals surface area contributed by atoms with Crippen LogP contribution in [0.4, 0.5) is 0 Å². The maximum atomic E-state index is 12.1. The lowest BCUT2D eigenvalue weighted by molar-refractivity contribution is -0.148. The van der Waals surface area contributed by atoms with E-state index in [0.29, 0.717) is 26.2 Å². The predicted octanol–water partition coefficient (Wildman–Crippen LogP) is -0.237. The third-order valence-electron chi connectivity index (χ3n) is 3.85. The molecule has 126 valence electrons. The molecule has 1 saturated heterocycles. The van der Waals surface area contributed by atoms with Crippen LogP contribution >= 0.6 is 11.3 Å². The fourth-order valence-corrected chi connectivity index (χ4v) is 3.16. The summed E-state index contributed by atoms with van der Waals surface area (Å²) in [6, 6.07) is 3.59. The number of nitrogens with zero attached hydrogens (tertiary/aromatic N) is 2. The van der Waals surface area contributed by atoms with E-state index in [2.05, 4.69) is 5.32 Å². The number of nitrogens with one attached hydrogen (secondary N) is 1. The minimum Gasteiger partial charge on any atom is -0.383 e. The van der Waals surface area contributed by atoms with Crippen molar-refractivity contribution in [3.05, 3.63) is 22.4 Å². The second-order valence-electron chi connectivity index (χ2n) is 5.73. The van der Waals surface area contributed by atoms with Crippen LogP contribution in [0.3, 0.4) is 0 Å². The second-order valence-corrected chi connectivity index (χ2v) is 6.68. The molecule has 23 heavy (non-hydrogen) atoms. The van der Waals surface area contributed by atoms with Gasteiger partial charge in [0.1, 0.15) is 5.60 Å². The molecular formula is C15H21N3O4S. The van der Waals surface area contributed by atoms with Crippen molar-refractivity contribution in [1.82, 2.24) is 15.1 Å². The minimum atomic E-state index is -1.21. The van der Waals surface area contributed by atoms with Crippen LogP contribution in [-0.2, 0) is 20.0 Å². The fourth-order valence-electron chi connectivity index (χ4n) is 2.37. The van der Waals surface area contributed by atoms with Gasteiger partial charge in [0, 0.05) is 38.0 Å². The van der Waals surface area contributed by atoms with Crippen LogP contribution in [0.2, 0.25) is 0 Å². The topological polar surface area (TPSA) is 90.0 Å². The summed E-state index contributed by atoms with van der Waals surface area (Å²) in [5.41, 5.74) is -1.21. The van der Waals surface area contributed by atoms with Gasteiger partial charge in [0.15, 0.2) is 0 Å². The highest BCUT2D eigenvalue weighted by Gasteiger charge is 2.30. The molecule has 1 aromatic rings. The van der Waals surface area contributed by atoms with E-state index in [9.17, 15) is 19.5 Å². The van der Waals surface area contributed by atoms with Gasteiger partial charge in [-0.15, -0.1) is 11.3 Å². The van der Waals surface area contributed by atoms with Gasteiger partial charge < -0.3 is 20.2 Å². The smallest absolute Gasteiger partial charge is 0.312 e. The largest absolute Gasteiger partial charge is 0.383 e. The zero-order valence-electron chi connectivity index (χ0n) is 13.2. The molecule has 3 amide bonds. The second kappa shape index (κ2) is 7.10. The van der Waals surface area contributed by atoms with E-state index in [0.717, 1.165) is 4.88 Å². The Morgan fingerprint density at radius 2 is 1.87 bits per heavy atom. The maximum absolute atomic E-state index is 12.1. The highest BCUT2D eigenvalue weighted by atomic mass is 32.1. The van der Waals surface area contributed by atoms with Crippen molar-refractivity contribution in [1.29, 1.82) is 0 Å². The molecule has 1 fully saturated rings. The minimum absolute atomic E-state index is 0.0338. The first kappa shape index (κ1) is 17.4. The van der Waals surface area contributed by atoms with E-state index in [1.807, 2.05) is 11.4 Å². The molecule has 0 bridgehead atoms. The first-order valence-electron chi connectivity index (χ1n) is 7.40. The average molecular weight is 339 g/mol. The Hall–Kier alpha value is -1.93. The summed E-state index contributed by atoms with van der Waals surface area (Å²) in [5.74, 6) is -1.40. The summed E-state index contributed by atoms with van der Waals surface area (Å²) in [6.07, 6.45) is 0. The quantitative estimate of drug-likeness (QED) is 0.744. The highest BCUT2D eigenvalue weighted by molar-refractivity contribution is 7.10. The van der Waals surface area contributed by atoms with Crippen molar-refractivity contribution < 1.29 is 19.5 Å². The molecule has 0 unspecified atom stereocenters. The van der Waals surface area contributed by atoms with Crippen LogP contribution in [0.5, 0.6) is 0 Å². The Morgan fingerprint density at radius 1 is 1.26 bits per heavy atom.